The minimum Gasteiger partial charge on any atom is -0.346 e. The summed E-state index contributed by atoms with van der Waals surface area (Å²) in [7, 11) is 0. The molecule has 2 N–H and O–H groups in total. The number of carbonyl (C=O) groups is 1. The van der Waals surface area contributed by atoms with Crippen molar-refractivity contribution in [3.63, 3.8) is 0 Å². The molecule has 0 atom stereocenters. The van der Waals surface area contributed by atoms with Gasteiger partial charge in [-0.05, 0) is 49.9 Å². The summed E-state index contributed by atoms with van der Waals surface area (Å²) in [6.45, 7) is 5.62. The summed E-state index contributed by atoms with van der Waals surface area (Å²) >= 11 is 0. The molecule has 2 heterocycles. The van der Waals surface area contributed by atoms with Crippen molar-refractivity contribution >= 4 is 5.91 Å². The Kier molecular flexibility index (Phi) is 6.47. The zero-order valence-corrected chi connectivity index (χ0v) is 17.8. The van der Waals surface area contributed by atoms with Gasteiger partial charge < -0.3 is 14.8 Å². The second-order valence-electron chi connectivity index (χ2n) is 8.14. The summed E-state index contributed by atoms with van der Waals surface area (Å²) < 4.78 is 29.9. The molecule has 1 fully saturated rings. The zero-order chi connectivity index (χ0) is 21.8. The number of benzene rings is 2. The highest BCUT2D eigenvalue weighted by Gasteiger charge is 2.22. The molecule has 4 rings (SSSR count). The number of amides is 1. The Hall–Kier alpha value is -2.99. The van der Waals surface area contributed by atoms with Gasteiger partial charge >= 0.3 is 0 Å². The van der Waals surface area contributed by atoms with E-state index in [0.717, 1.165) is 31.3 Å². The van der Waals surface area contributed by atoms with Gasteiger partial charge in [-0.3, -0.25) is 4.79 Å². The Bertz CT molecular complexity index is 1060. The molecule has 1 amide bonds. The molecule has 6 heteroatoms. The van der Waals surface area contributed by atoms with E-state index in [-0.39, 0.29) is 11.6 Å². The third-order valence-corrected chi connectivity index (χ3v) is 6.04. The first-order valence-electron chi connectivity index (χ1n) is 10.9. The Labute approximate surface area is 181 Å². The van der Waals surface area contributed by atoms with Crippen LogP contribution in [0.2, 0.25) is 0 Å². The van der Waals surface area contributed by atoms with Crippen molar-refractivity contribution in [1.82, 2.24) is 9.88 Å². The van der Waals surface area contributed by atoms with Crippen LogP contribution in [0.1, 0.15) is 35.3 Å². The summed E-state index contributed by atoms with van der Waals surface area (Å²) in [5, 5.41) is 3.03. The molecule has 0 unspecified atom stereocenters. The van der Waals surface area contributed by atoms with Crippen LogP contribution in [0.3, 0.4) is 0 Å². The molecule has 1 aliphatic heterocycles. The van der Waals surface area contributed by atoms with Crippen LogP contribution < -0.4 is 10.2 Å². The van der Waals surface area contributed by atoms with E-state index in [1.54, 1.807) is 17.6 Å². The summed E-state index contributed by atoms with van der Waals surface area (Å²) in [5.74, 6) is -1.48. The molecule has 0 aliphatic carbocycles. The van der Waals surface area contributed by atoms with E-state index in [1.807, 2.05) is 30.3 Å². The van der Waals surface area contributed by atoms with Crippen LogP contribution in [0.4, 0.5) is 8.78 Å². The predicted octanol–water partition coefficient (Wildman–Crippen LogP) is 3.53. The molecule has 0 saturated carbocycles. The quantitative estimate of drug-likeness (QED) is 0.624. The molecule has 1 saturated heterocycles. The van der Waals surface area contributed by atoms with Crippen LogP contribution in [-0.4, -0.2) is 36.7 Å². The lowest BCUT2D eigenvalue weighted by Gasteiger charge is -2.23. The number of halogens is 2. The van der Waals surface area contributed by atoms with E-state index in [2.05, 4.69) is 5.32 Å². The highest BCUT2D eigenvalue weighted by Crippen LogP contribution is 2.30. The molecule has 1 aromatic heterocycles. The van der Waals surface area contributed by atoms with Crippen molar-refractivity contribution in [1.29, 1.82) is 0 Å². The number of hydrogen-bond acceptors (Lipinski definition) is 1. The van der Waals surface area contributed by atoms with Crippen LogP contribution in [0.15, 0.2) is 54.6 Å². The maximum atomic E-state index is 14.7. The molecule has 0 radical (unpaired) electrons. The largest absolute Gasteiger partial charge is 0.346 e. The van der Waals surface area contributed by atoms with Crippen LogP contribution in [0.25, 0.3) is 16.9 Å². The topological polar surface area (TPSA) is 38.5 Å². The van der Waals surface area contributed by atoms with Gasteiger partial charge in [0.15, 0.2) is 0 Å². The number of quaternary nitrogens is 1. The second-order valence-corrected chi connectivity index (χ2v) is 8.14. The number of aromatic nitrogens is 1. The summed E-state index contributed by atoms with van der Waals surface area (Å²) in [5.41, 5.74) is 2.87. The molecule has 0 spiro atoms. The van der Waals surface area contributed by atoms with E-state index in [1.165, 1.54) is 36.3 Å². The van der Waals surface area contributed by atoms with Gasteiger partial charge in [0.2, 0.25) is 0 Å². The van der Waals surface area contributed by atoms with Gasteiger partial charge in [0.25, 0.3) is 5.91 Å². The molecular weight excluding hydrogens is 396 g/mol. The van der Waals surface area contributed by atoms with Crippen LogP contribution in [0, 0.1) is 18.6 Å². The molecule has 31 heavy (non-hydrogen) atoms. The van der Waals surface area contributed by atoms with Crippen molar-refractivity contribution in [2.24, 2.45) is 0 Å². The molecule has 0 bridgehead atoms. The van der Waals surface area contributed by atoms with E-state index < -0.39 is 11.6 Å². The Balaban J connectivity index is 1.64. The van der Waals surface area contributed by atoms with Crippen molar-refractivity contribution in [2.45, 2.75) is 26.2 Å². The second kappa shape index (κ2) is 9.43. The minimum absolute atomic E-state index is 0.174. The Morgan fingerprint density at radius 3 is 2.48 bits per heavy atom. The number of piperidine rings is 1. The first-order valence-corrected chi connectivity index (χ1v) is 10.9. The average molecular weight is 425 g/mol. The molecule has 3 aromatic rings. The molecule has 4 nitrogen and oxygen atoms in total. The normalized spacial score (nSPS) is 14.5. The summed E-state index contributed by atoms with van der Waals surface area (Å²) in [6.07, 6.45) is 3.79. The SMILES string of the molecule is Cc1c(C(=O)NCC[NH+]2CCCCC2)cc(-c2ccccc2)n1-c1ccc(F)cc1F. The lowest BCUT2D eigenvalue weighted by atomic mass is 10.1. The third-order valence-electron chi connectivity index (χ3n) is 6.04. The van der Waals surface area contributed by atoms with Crippen molar-refractivity contribution in [2.75, 3.05) is 26.2 Å². The first-order chi connectivity index (χ1) is 15.0. The average Bonchev–Trinajstić information content (AvgIpc) is 3.12. The third kappa shape index (κ3) is 4.69. The fourth-order valence-corrected chi connectivity index (χ4v) is 4.38. The fraction of sp³-hybridized carbons (Fsp3) is 0.320. The van der Waals surface area contributed by atoms with E-state index in [4.69, 9.17) is 0 Å². The standard InChI is InChI=1S/C25H27F2N3O/c1-18-21(25(31)28-12-15-29-13-6-3-7-14-29)17-24(19-8-4-2-5-9-19)30(18)23-11-10-20(26)16-22(23)27/h2,4-5,8-11,16-17H,3,6-7,12-15H2,1H3,(H,28,31)/p+1. The monoisotopic (exact) mass is 424 g/mol. The minimum atomic E-state index is -0.670. The highest BCUT2D eigenvalue weighted by molar-refractivity contribution is 5.97. The van der Waals surface area contributed by atoms with E-state index >= 15 is 0 Å². The van der Waals surface area contributed by atoms with Crippen molar-refractivity contribution in [3.8, 4) is 16.9 Å². The highest BCUT2D eigenvalue weighted by atomic mass is 19.1. The van der Waals surface area contributed by atoms with Crippen LogP contribution in [0.5, 0.6) is 0 Å². The van der Waals surface area contributed by atoms with Gasteiger partial charge in [0.1, 0.15) is 11.6 Å². The lowest BCUT2D eigenvalue weighted by Crippen LogP contribution is -3.13. The maximum absolute atomic E-state index is 14.7. The van der Waals surface area contributed by atoms with Gasteiger partial charge in [-0.25, -0.2) is 8.78 Å². The van der Waals surface area contributed by atoms with Crippen molar-refractivity contribution < 1.29 is 18.5 Å². The van der Waals surface area contributed by atoms with E-state index in [0.29, 0.717) is 23.5 Å². The predicted molar refractivity (Wildman–Crippen MR) is 118 cm³/mol. The maximum Gasteiger partial charge on any atom is 0.253 e. The number of hydrogen-bond donors (Lipinski definition) is 2. The Morgan fingerprint density at radius 1 is 1.03 bits per heavy atom. The fourth-order valence-electron chi connectivity index (χ4n) is 4.38. The molecule has 2 aromatic carbocycles. The number of nitrogens with zero attached hydrogens (tertiary/aromatic N) is 1. The summed E-state index contributed by atoms with van der Waals surface area (Å²) in [4.78, 5) is 14.5. The van der Waals surface area contributed by atoms with Gasteiger partial charge in [-0.2, -0.15) is 0 Å². The van der Waals surface area contributed by atoms with Crippen molar-refractivity contribution in [3.05, 3.63) is 77.5 Å². The van der Waals surface area contributed by atoms with Crippen LogP contribution >= 0.6 is 0 Å². The van der Waals surface area contributed by atoms with Gasteiger partial charge in [-0.1, -0.05) is 30.3 Å². The summed E-state index contributed by atoms with van der Waals surface area (Å²) in [6, 6.07) is 14.8. The number of rotatable bonds is 6. The van der Waals surface area contributed by atoms with Gasteiger partial charge in [0.05, 0.1) is 43.1 Å². The lowest BCUT2D eigenvalue weighted by molar-refractivity contribution is -0.903. The van der Waals surface area contributed by atoms with E-state index in [9.17, 15) is 13.6 Å². The van der Waals surface area contributed by atoms with Gasteiger partial charge in [-0.15, -0.1) is 0 Å². The number of carbonyl (C=O) groups excluding carboxylic acids is 1. The zero-order valence-electron chi connectivity index (χ0n) is 17.8. The Morgan fingerprint density at radius 2 is 1.77 bits per heavy atom. The number of nitrogens with one attached hydrogen (secondary N) is 2. The molecule has 1 aliphatic rings. The number of likely N-dealkylation sites (tertiary alicyclic amines) is 1. The molecule has 162 valence electrons. The van der Waals surface area contributed by atoms with Gasteiger partial charge in [0, 0.05) is 11.8 Å². The smallest absolute Gasteiger partial charge is 0.253 e. The van der Waals surface area contributed by atoms with Crippen LogP contribution in [-0.2, 0) is 0 Å². The first kappa shape index (κ1) is 21.2. The molecular formula is C25H28F2N3O+.